The number of aromatic nitrogens is 6. The van der Waals surface area contributed by atoms with Gasteiger partial charge in [0.2, 0.25) is 0 Å². The van der Waals surface area contributed by atoms with Gasteiger partial charge in [0, 0.05) is 37.0 Å². The van der Waals surface area contributed by atoms with E-state index in [-0.39, 0.29) is 5.60 Å². The summed E-state index contributed by atoms with van der Waals surface area (Å²) < 4.78 is 22.1. The topological polar surface area (TPSA) is 129 Å². The van der Waals surface area contributed by atoms with E-state index in [1.54, 1.807) is 9.20 Å². The Morgan fingerprint density at radius 3 is 2.66 bits per heavy atom. The van der Waals surface area contributed by atoms with Gasteiger partial charge in [0.05, 0.1) is 41.8 Å². The van der Waals surface area contributed by atoms with Crippen LogP contribution in [0.25, 0.3) is 16.9 Å². The Morgan fingerprint density at radius 2 is 1.91 bits per heavy atom. The van der Waals surface area contributed by atoms with Crippen molar-refractivity contribution in [1.82, 2.24) is 29.6 Å². The minimum Gasteiger partial charge on any atom is -0.494 e. The summed E-state index contributed by atoms with van der Waals surface area (Å²) in [5, 5.41) is 24.1. The van der Waals surface area contributed by atoms with Crippen LogP contribution >= 0.6 is 0 Å². The van der Waals surface area contributed by atoms with E-state index < -0.39 is 17.7 Å². The van der Waals surface area contributed by atoms with Gasteiger partial charge >= 0.3 is 5.97 Å². The van der Waals surface area contributed by atoms with Crippen LogP contribution in [0, 0.1) is 6.92 Å². The molecule has 234 valence electrons. The molecule has 7 rings (SSSR count). The summed E-state index contributed by atoms with van der Waals surface area (Å²) in [5.41, 5.74) is 3.15. The van der Waals surface area contributed by atoms with Gasteiger partial charge in [-0.3, -0.25) is 0 Å². The number of anilines is 1. The minimum atomic E-state index is -1.22. The zero-order chi connectivity index (χ0) is 31.1. The van der Waals surface area contributed by atoms with E-state index >= 15 is 0 Å². The van der Waals surface area contributed by atoms with Gasteiger partial charge in [0.15, 0.2) is 11.8 Å². The largest absolute Gasteiger partial charge is 0.494 e. The molecule has 4 aromatic rings. The van der Waals surface area contributed by atoms with Crippen LogP contribution in [0.1, 0.15) is 76.4 Å². The van der Waals surface area contributed by atoms with Crippen molar-refractivity contribution in [2.45, 2.75) is 84.2 Å². The van der Waals surface area contributed by atoms with E-state index in [2.05, 4.69) is 22.1 Å². The Balaban J connectivity index is 1.44. The van der Waals surface area contributed by atoms with Crippen molar-refractivity contribution in [3.63, 3.8) is 0 Å². The van der Waals surface area contributed by atoms with Crippen molar-refractivity contribution in [2.75, 3.05) is 31.2 Å². The lowest BCUT2D eigenvalue weighted by atomic mass is 9.92. The fourth-order valence-corrected chi connectivity index (χ4v) is 5.90. The van der Waals surface area contributed by atoms with E-state index in [1.165, 1.54) is 0 Å². The lowest BCUT2D eigenvalue weighted by molar-refractivity contribution is -0.160. The zero-order valence-corrected chi connectivity index (χ0v) is 26.1. The predicted octanol–water partition coefficient (Wildman–Crippen LogP) is 4.83. The SMILES string of the molecule is Cc1nc2cc3nn2c(c1[C@H](OC(C)(C)C)C(=O)O)N1CCC(C)(CC1)OCCCCOc1cccc(c1)-c1cn(nn1)C3. The Bertz CT molecular complexity index is 1650. The smallest absolute Gasteiger partial charge is 0.337 e. The highest BCUT2D eigenvalue weighted by molar-refractivity contribution is 5.78. The summed E-state index contributed by atoms with van der Waals surface area (Å²) in [6.07, 6.45) is 4.01. The van der Waals surface area contributed by atoms with Crippen LogP contribution in [0.5, 0.6) is 5.75 Å². The number of carboxylic acids is 1. The first kappa shape index (κ1) is 30.0. The van der Waals surface area contributed by atoms with Gasteiger partial charge in [0.1, 0.15) is 17.3 Å². The molecule has 1 saturated heterocycles. The molecule has 12 heteroatoms. The van der Waals surface area contributed by atoms with Crippen LogP contribution in [0.15, 0.2) is 36.5 Å². The van der Waals surface area contributed by atoms with Crippen molar-refractivity contribution in [1.29, 1.82) is 0 Å². The number of carboxylic acid groups (broad SMARTS) is 1. The molecule has 1 N–H and O–H groups in total. The maximum Gasteiger partial charge on any atom is 0.337 e. The van der Waals surface area contributed by atoms with Gasteiger partial charge in [-0.1, -0.05) is 17.3 Å². The summed E-state index contributed by atoms with van der Waals surface area (Å²) in [6, 6.07) is 9.79. The monoisotopic (exact) mass is 603 g/mol. The number of fused-ring (bicyclic) bond motifs is 7. The molecular formula is C32H41N7O5. The van der Waals surface area contributed by atoms with Gasteiger partial charge in [0.25, 0.3) is 0 Å². The van der Waals surface area contributed by atoms with Crippen molar-refractivity contribution >= 4 is 17.4 Å². The number of hydrogen-bond donors (Lipinski definition) is 1. The summed E-state index contributed by atoms with van der Waals surface area (Å²) in [5.74, 6) is 0.420. The molecule has 0 radical (unpaired) electrons. The van der Waals surface area contributed by atoms with Crippen molar-refractivity contribution < 1.29 is 24.1 Å². The van der Waals surface area contributed by atoms with E-state index in [4.69, 9.17) is 24.3 Å². The standard InChI is InChI=1S/C32H41N7O5/c1-21-27(28(30(40)41)44-31(2,3)4)29-37-13-11-32(5,12-14-37)43-16-7-6-15-42-24-10-8-9-22(17-24)25-20-38(36-34-25)19-23-18-26(33-21)39(29)35-23/h8-10,17-18,20,28H,6-7,11-16,19H2,1-5H3,(H,40,41)/t28-/m0/s1. The van der Waals surface area contributed by atoms with Crippen molar-refractivity contribution in [3.05, 3.63) is 53.5 Å². The normalized spacial score (nSPS) is 18.2. The Kier molecular flexibility index (Phi) is 8.06. The number of nitrogens with zero attached hydrogens (tertiary/aromatic N) is 7. The summed E-state index contributed by atoms with van der Waals surface area (Å²) >= 11 is 0. The Morgan fingerprint density at radius 1 is 1.14 bits per heavy atom. The predicted molar refractivity (Wildman–Crippen MR) is 164 cm³/mol. The molecule has 0 spiro atoms. The van der Waals surface area contributed by atoms with E-state index in [1.807, 2.05) is 64.2 Å². The van der Waals surface area contributed by atoms with Crippen molar-refractivity contribution in [2.24, 2.45) is 0 Å². The van der Waals surface area contributed by atoms with Crippen LogP contribution in [-0.2, 0) is 20.8 Å². The van der Waals surface area contributed by atoms with Crippen LogP contribution < -0.4 is 9.64 Å². The van der Waals surface area contributed by atoms with Crippen LogP contribution in [0.2, 0.25) is 0 Å². The van der Waals surface area contributed by atoms with Gasteiger partial charge in [-0.15, -0.1) is 5.10 Å². The van der Waals surface area contributed by atoms with Gasteiger partial charge < -0.3 is 24.2 Å². The third-order valence-electron chi connectivity index (χ3n) is 8.18. The minimum absolute atomic E-state index is 0.278. The molecule has 6 heterocycles. The molecule has 0 unspecified atom stereocenters. The second kappa shape index (κ2) is 11.8. The van der Waals surface area contributed by atoms with E-state index in [0.717, 1.165) is 48.4 Å². The Hall–Kier alpha value is -4.03. The van der Waals surface area contributed by atoms with Crippen LogP contribution in [0.4, 0.5) is 5.82 Å². The zero-order valence-electron chi connectivity index (χ0n) is 26.1. The lowest BCUT2D eigenvalue weighted by Gasteiger charge is -2.41. The average Bonchev–Trinajstić information content (AvgIpc) is 3.59. The average molecular weight is 604 g/mol. The molecular weight excluding hydrogens is 562 g/mol. The first-order valence-corrected chi connectivity index (χ1v) is 15.3. The second-order valence-electron chi connectivity index (χ2n) is 13.0. The molecule has 3 aliphatic heterocycles. The molecule has 1 fully saturated rings. The molecule has 1 atom stereocenters. The molecule has 12 nitrogen and oxygen atoms in total. The first-order valence-electron chi connectivity index (χ1n) is 15.3. The molecule has 0 amide bonds. The highest BCUT2D eigenvalue weighted by Crippen LogP contribution is 2.38. The van der Waals surface area contributed by atoms with E-state index in [9.17, 15) is 9.90 Å². The third-order valence-corrected chi connectivity index (χ3v) is 8.18. The van der Waals surface area contributed by atoms with Crippen molar-refractivity contribution in [3.8, 4) is 17.0 Å². The van der Waals surface area contributed by atoms with Gasteiger partial charge in [-0.25, -0.2) is 14.5 Å². The second-order valence-corrected chi connectivity index (χ2v) is 13.0. The number of aliphatic carboxylic acids is 1. The molecule has 8 bridgehead atoms. The lowest BCUT2D eigenvalue weighted by Crippen LogP contribution is -2.46. The third kappa shape index (κ3) is 6.41. The van der Waals surface area contributed by atoms with Gasteiger partial charge in [-0.2, -0.15) is 9.61 Å². The highest BCUT2D eigenvalue weighted by atomic mass is 16.5. The fraction of sp³-hybridized carbons (Fsp3) is 0.531. The molecule has 1 aromatic carbocycles. The highest BCUT2D eigenvalue weighted by Gasteiger charge is 2.37. The molecule has 0 saturated carbocycles. The number of rotatable bonds is 3. The summed E-state index contributed by atoms with van der Waals surface area (Å²) in [7, 11) is 0. The maximum atomic E-state index is 12.7. The fourth-order valence-electron chi connectivity index (χ4n) is 5.90. The maximum absolute atomic E-state index is 12.7. The number of benzene rings is 1. The number of aryl methyl sites for hydroxylation is 1. The van der Waals surface area contributed by atoms with Gasteiger partial charge in [-0.05, 0) is 72.4 Å². The summed E-state index contributed by atoms with van der Waals surface area (Å²) in [4.78, 5) is 19.7. The summed E-state index contributed by atoms with van der Waals surface area (Å²) in [6.45, 7) is 12.5. The molecule has 0 aliphatic carbocycles. The van der Waals surface area contributed by atoms with Crippen LogP contribution in [-0.4, -0.2) is 78.2 Å². The number of piperidine rings is 1. The molecule has 3 aromatic heterocycles. The van der Waals surface area contributed by atoms with Crippen LogP contribution in [0.3, 0.4) is 0 Å². The molecule has 3 aliphatic rings. The quantitative estimate of drug-likeness (QED) is 0.348. The molecule has 44 heavy (non-hydrogen) atoms. The number of carbonyl (C=O) groups is 1. The Labute approximate surface area is 256 Å². The number of hydrogen-bond acceptors (Lipinski definition) is 9. The van der Waals surface area contributed by atoms with E-state index in [0.29, 0.717) is 55.6 Å². The first-order chi connectivity index (χ1) is 21.0. The number of ether oxygens (including phenoxy) is 3.